The zero-order chi connectivity index (χ0) is 13.5. The zero-order valence-corrected chi connectivity index (χ0v) is 12.2. The molecule has 2 nitrogen and oxygen atoms in total. The fourth-order valence-corrected chi connectivity index (χ4v) is 2.06. The maximum absolute atomic E-state index is 5.84. The van der Waals surface area contributed by atoms with Crippen molar-refractivity contribution in [3.05, 3.63) is 29.3 Å². The predicted molar refractivity (Wildman–Crippen MR) is 78.3 cm³/mol. The van der Waals surface area contributed by atoms with Gasteiger partial charge in [-0.3, -0.25) is 0 Å². The van der Waals surface area contributed by atoms with Crippen molar-refractivity contribution in [1.29, 1.82) is 0 Å². The van der Waals surface area contributed by atoms with Gasteiger partial charge in [-0.1, -0.05) is 31.5 Å². The average Bonchev–Trinajstić information content (AvgIpc) is 2.34. The largest absolute Gasteiger partial charge is 0.493 e. The van der Waals surface area contributed by atoms with E-state index in [9.17, 15) is 0 Å². The third-order valence-electron chi connectivity index (χ3n) is 3.21. The van der Waals surface area contributed by atoms with Gasteiger partial charge in [-0.05, 0) is 50.7 Å². The predicted octanol–water partition coefficient (Wildman–Crippen LogP) is 4.01. The highest BCUT2D eigenvalue weighted by Gasteiger charge is 2.12. The summed E-state index contributed by atoms with van der Waals surface area (Å²) < 4.78 is 5.84. The second-order valence-electron chi connectivity index (χ2n) is 5.35. The summed E-state index contributed by atoms with van der Waals surface area (Å²) in [6.07, 6.45) is 3.22. The summed E-state index contributed by atoms with van der Waals surface area (Å²) in [6.45, 7) is 9.38. The Bertz CT molecular complexity index is 360. The van der Waals surface area contributed by atoms with Gasteiger partial charge in [0.05, 0.1) is 6.61 Å². The van der Waals surface area contributed by atoms with E-state index in [0.717, 1.165) is 31.6 Å². The van der Waals surface area contributed by atoms with Crippen molar-refractivity contribution < 1.29 is 4.74 Å². The first-order chi connectivity index (χ1) is 8.54. The molecule has 1 aromatic rings. The molecule has 0 radical (unpaired) electrons. The first-order valence-corrected chi connectivity index (χ1v) is 7.03. The number of hydrogen-bond donors (Lipinski definition) is 1. The minimum Gasteiger partial charge on any atom is -0.493 e. The van der Waals surface area contributed by atoms with E-state index >= 15 is 0 Å². The van der Waals surface area contributed by atoms with Crippen LogP contribution < -0.4 is 10.5 Å². The molecule has 0 saturated heterocycles. The van der Waals surface area contributed by atoms with Crippen LogP contribution in [0.25, 0.3) is 0 Å². The number of ether oxygens (including phenoxy) is 1. The summed E-state index contributed by atoms with van der Waals surface area (Å²) in [6, 6.07) is 6.74. The van der Waals surface area contributed by atoms with E-state index in [1.54, 1.807) is 0 Å². The number of benzene rings is 1. The van der Waals surface area contributed by atoms with Crippen molar-refractivity contribution in [2.75, 3.05) is 6.61 Å². The van der Waals surface area contributed by atoms with Gasteiger partial charge < -0.3 is 10.5 Å². The summed E-state index contributed by atoms with van der Waals surface area (Å²) in [7, 11) is 0. The van der Waals surface area contributed by atoms with Crippen LogP contribution >= 0.6 is 0 Å². The molecule has 0 heterocycles. The minimum absolute atomic E-state index is 0.275. The van der Waals surface area contributed by atoms with Crippen LogP contribution in [0.2, 0.25) is 0 Å². The highest BCUT2D eigenvalue weighted by Crippen LogP contribution is 2.31. The summed E-state index contributed by atoms with van der Waals surface area (Å²) in [5.41, 5.74) is 8.45. The standard InChI is InChI=1S/C16H27NO/c1-5-10-18-16-9-6-12(2)11-15(16)13(3)7-8-14(4)17/h6,9,11,13-14H,5,7-8,10,17H2,1-4H3. The van der Waals surface area contributed by atoms with Gasteiger partial charge in [-0.15, -0.1) is 0 Å². The highest BCUT2D eigenvalue weighted by molar-refractivity contribution is 5.39. The summed E-state index contributed by atoms with van der Waals surface area (Å²) >= 11 is 0. The van der Waals surface area contributed by atoms with E-state index in [1.807, 2.05) is 0 Å². The Morgan fingerprint density at radius 2 is 1.94 bits per heavy atom. The van der Waals surface area contributed by atoms with Crippen molar-refractivity contribution in [1.82, 2.24) is 0 Å². The molecule has 0 fully saturated rings. The number of rotatable bonds is 7. The molecule has 0 aromatic heterocycles. The maximum atomic E-state index is 5.84. The Balaban J connectivity index is 2.79. The fourth-order valence-electron chi connectivity index (χ4n) is 2.06. The maximum Gasteiger partial charge on any atom is 0.122 e. The number of aryl methyl sites for hydroxylation is 1. The third kappa shape index (κ3) is 4.69. The molecular formula is C16H27NO. The zero-order valence-electron chi connectivity index (χ0n) is 12.2. The smallest absolute Gasteiger partial charge is 0.122 e. The SMILES string of the molecule is CCCOc1ccc(C)cc1C(C)CCC(C)N. The van der Waals surface area contributed by atoms with Gasteiger partial charge in [0.2, 0.25) is 0 Å². The Morgan fingerprint density at radius 1 is 1.22 bits per heavy atom. The van der Waals surface area contributed by atoms with Gasteiger partial charge in [0.15, 0.2) is 0 Å². The van der Waals surface area contributed by atoms with Crippen molar-refractivity contribution >= 4 is 0 Å². The number of hydrogen-bond acceptors (Lipinski definition) is 2. The van der Waals surface area contributed by atoms with Crippen LogP contribution in [-0.4, -0.2) is 12.6 Å². The summed E-state index contributed by atoms with van der Waals surface area (Å²) in [5, 5.41) is 0. The third-order valence-corrected chi connectivity index (χ3v) is 3.21. The van der Waals surface area contributed by atoms with Crippen LogP contribution in [0.5, 0.6) is 5.75 Å². The van der Waals surface area contributed by atoms with Crippen molar-refractivity contribution in [2.45, 2.75) is 58.9 Å². The van der Waals surface area contributed by atoms with Crippen LogP contribution in [-0.2, 0) is 0 Å². The van der Waals surface area contributed by atoms with Crippen molar-refractivity contribution in [3.8, 4) is 5.75 Å². The van der Waals surface area contributed by atoms with E-state index in [2.05, 4.69) is 45.9 Å². The van der Waals surface area contributed by atoms with E-state index in [-0.39, 0.29) is 6.04 Å². The monoisotopic (exact) mass is 249 g/mol. The van der Waals surface area contributed by atoms with Gasteiger partial charge in [0.1, 0.15) is 5.75 Å². The lowest BCUT2D eigenvalue weighted by Crippen LogP contribution is -2.15. The van der Waals surface area contributed by atoms with Gasteiger partial charge in [-0.2, -0.15) is 0 Å². The average molecular weight is 249 g/mol. The molecular weight excluding hydrogens is 222 g/mol. The van der Waals surface area contributed by atoms with Crippen LogP contribution in [0.1, 0.15) is 57.1 Å². The van der Waals surface area contributed by atoms with E-state index < -0.39 is 0 Å². The second kappa shape index (κ2) is 7.42. The van der Waals surface area contributed by atoms with Gasteiger partial charge in [0.25, 0.3) is 0 Å². The van der Waals surface area contributed by atoms with E-state index in [1.165, 1.54) is 11.1 Å². The van der Waals surface area contributed by atoms with E-state index in [0.29, 0.717) is 5.92 Å². The normalized spacial score (nSPS) is 14.3. The molecule has 0 spiro atoms. The summed E-state index contributed by atoms with van der Waals surface area (Å²) in [4.78, 5) is 0. The Kier molecular flexibility index (Phi) is 6.20. The molecule has 1 aromatic carbocycles. The van der Waals surface area contributed by atoms with E-state index in [4.69, 9.17) is 10.5 Å². The molecule has 0 saturated carbocycles. The quantitative estimate of drug-likeness (QED) is 0.792. The molecule has 2 atom stereocenters. The molecule has 18 heavy (non-hydrogen) atoms. The molecule has 2 heteroatoms. The lowest BCUT2D eigenvalue weighted by atomic mass is 9.92. The van der Waals surface area contributed by atoms with Crippen molar-refractivity contribution in [3.63, 3.8) is 0 Å². The Hall–Kier alpha value is -1.02. The molecule has 0 aliphatic rings. The van der Waals surface area contributed by atoms with Crippen LogP contribution in [0, 0.1) is 6.92 Å². The molecule has 0 aliphatic carbocycles. The van der Waals surface area contributed by atoms with Gasteiger partial charge >= 0.3 is 0 Å². The lowest BCUT2D eigenvalue weighted by Gasteiger charge is -2.18. The molecule has 0 bridgehead atoms. The summed E-state index contributed by atoms with van der Waals surface area (Å²) in [5.74, 6) is 1.54. The molecule has 2 unspecified atom stereocenters. The number of nitrogens with two attached hydrogens (primary N) is 1. The Morgan fingerprint density at radius 3 is 2.56 bits per heavy atom. The molecule has 0 amide bonds. The molecule has 1 rings (SSSR count). The topological polar surface area (TPSA) is 35.2 Å². The van der Waals surface area contributed by atoms with Crippen LogP contribution in [0.15, 0.2) is 18.2 Å². The second-order valence-corrected chi connectivity index (χ2v) is 5.35. The van der Waals surface area contributed by atoms with Crippen molar-refractivity contribution in [2.24, 2.45) is 5.73 Å². The van der Waals surface area contributed by atoms with Gasteiger partial charge in [0, 0.05) is 6.04 Å². The lowest BCUT2D eigenvalue weighted by molar-refractivity contribution is 0.311. The van der Waals surface area contributed by atoms with Crippen LogP contribution in [0.4, 0.5) is 0 Å². The first-order valence-electron chi connectivity index (χ1n) is 7.03. The molecule has 2 N–H and O–H groups in total. The highest BCUT2D eigenvalue weighted by atomic mass is 16.5. The van der Waals surface area contributed by atoms with Crippen LogP contribution in [0.3, 0.4) is 0 Å². The fraction of sp³-hybridized carbons (Fsp3) is 0.625. The first kappa shape index (κ1) is 15.0. The Labute approximate surface area is 112 Å². The molecule has 102 valence electrons. The molecule has 0 aliphatic heterocycles. The minimum atomic E-state index is 0.275. The van der Waals surface area contributed by atoms with Gasteiger partial charge in [-0.25, -0.2) is 0 Å².